The maximum Gasteiger partial charge on any atom is 0.246 e. The molecule has 2 heterocycles. The highest BCUT2D eigenvalue weighted by molar-refractivity contribution is 7.99. The van der Waals surface area contributed by atoms with Crippen LogP contribution in [0.5, 0.6) is 0 Å². The third-order valence-electron chi connectivity index (χ3n) is 5.63. The average molecular weight is 340 g/mol. The van der Waals surface area contributed by atoms with Crippen LogP contribution in [-0.4, -0.2) is 66.0 Å². The monoisotopic (exact) mass is 339 g/mol. The van der Waals surface area contributed by atoms with Crippen LogP contribution < -0.4 is 5.32 Å². The molecule has 0 aromatic heterocycles. The summed E-state index contributed by atoms with van der Waals surface area (Å²) in [6.45, 7) is 2.78. The first kappa shape index (κ1) is 17.1. The molecule has 0 aromatic carbocycles. The van der Waals surface area contributed by atoms with E-state index in [4.69, 9.17) is 0 Å². The maximum absolute atomic E-state index is 12.9. The molecule has 1 atom stereocenters. The summed E-state index contributed by atoms with van der Waals surface area (Å²) in [6, 6.07) is -0.207. The number of likely N-dealkylation sites (tertiary alicyclic amines) is 1. The number of piperidine rings is 1. The molecule has 130 valence electrons. The summed E-state index contributed by atoms with van der Waals surface area (Å²) in [5.74, 6) is 2.81. The van der Waals surface area contributed by atoms with E-state index in [0.717, 1.165) is 63.4 Å². The maximum atomic E-state index is 12.9. The first-order chi connectivity index (χ1) is 11.2. The topological polar surface area (TPSA) is 52.7 Å². The zero-order valence-corrected chi connectivity index (χ0v) is 14.9. The summed E-state index contributed by atoms with van der Waals surface area (Å²) < 4.78 is 0. The molecule has 0 spiro atoms. The Morgan fingerprint density at radius 1 is 1.13 bits per heavy atom. The highest BCUT2D eigenvalue weighted by Gasteiger charge is 2.41. The Morgan fingerprint density at radius 2 is 1.87 bits per heavy atom. The predicted octanol–water partition coefficient (Wildman–Crippen LogP) is 1.54. The molecule has 23 heavy (non-hydrogen) atoms. The number of carbonyl (C=O) groups is 2. The van der Waals surface area contributed by atoms with Crippen LogP contribution in [0.15, 0.2) is 0 Å². The normalized spacial score (nSPS) is 26.4. The summed E-state index contributed by atoms with van der Waals surface area (Å²) in [6.07, 6.45) is 6.59. The number of hydrogen-bond acceptors (Lipinski definition) is 4. The molecule has 0 aromatic rings. The van der Waals surface area contributed by atoms with E-state index in [1.54, 1.807) is 11.8 Å². The van der Waals surface area contributed by atoms with Gasteiger partial charge in [0.2, 0.25) is 11.8 Å². The Hall–Kier alpha value is -0.750. The van der Waals surface area contributed by atoms with Gasteiger partial charge in [0.05, 0.1) is 5.88 Å². The summed E-state index contributed by atoms with van der Waals surface area (Å²) in [4.78, 5) is 29.3. The lowest BCUT2D eigenvalue weighted by Gasteiger charge is -2.37. The Balaban J connectivity index is 1.52. The quantitative estimate of drug-likeness (QED) is 0.825. The van der Waals surface area contributed by atoms with Crippen molar-refractivity contribution >= 4 is 23.6 Å². The molecule has 1 unspecified atom stereocenters. The van der Waals surface area contributed by atoms with Crippen molar-refractivity contribution < 1.29 is 9.59 Å². The lowest BCUT2D eigenvalue weighted by atomic mass is 9.84. The average Bonchev–Trinajstić information content (AvgIpc) is 3.00. The van der Waals surface area contributed by atoms with E-state index in [9.17, 15) is 9.59 Å². The molecular weight excluding hydrogens is 310 g/mol. The van der Waals surface area contributed by atoms with E-state index in [1.807, 2.05) is 16.8 Å². The third-order valence-corrected chi connectivity index (χ3v) is 6.65. The Bertz CT molecular complexity index is 434. The second-order valence-corrected chi connectivity index (χ2v) is 8.11. The van der Waals surface area contributed by atoms with Gasteiger partial charge in [0.1, 0.15) is 6.04 Å². The first-order valence-corrected chi connectivity index (χ1v) is 10.2. The minimum Gasteiger partial charge on any atom is -0.341 e. The van der Waals surface area contributed by atoms with Gasteiger partial charge in [-0.2, -0.15) is 0 Å². The van der Waals surface area contributed by atoms with Crippen molar-refractivity contribution in [3.05, 3.63) is 0 Å². The van der Waals surface area contributed by atoms with Gasteiger partial charge in [-0.25, -0.2) is 0 Å². The molecule has 2 aliphatic heterocycles. The summed E-state index contributed by atoms with van der Waals surface area (Å²) in [7, 11) is 1.99. The molecule has 2 saturated heterocycles. The number of thioether (sulfide) groups is 1. The molecule has 2 amide bonds. The molecular formula is C17H29N3O2S. The molecule has 5 nitrogen and oxygen atoms in total. The number of carbonyl (C=O) groups excluding carboxylic acids is 2. The van der Waals surface area contributed by atoms with Crippen LogP contribution in [-0.2, 0) is 9.59 Å². The molecule has 6 heteroatoms. The summed E-state index contributed by atoms with van der Waals surface area (Å²) in [5.41, 5.74) is 0. The lowest BCUT2D eigenvalue weighted by molar-refractivity contribution is -0.147. The van der Waals surface area contributed by atoms with Crippen LogP contribution in [0.1, 0.15) is 38.5 Å². The van der Waals surface area contributed by atoms with E-state index in [-0.39, 0.29) is 23.8 Å². The molecule has 1 N–H and O–H groups in total. The lowest BCUT2D eigenvalue weighted by Crippen LogP contribution is -2.52. The Morgan fingerprint density at radius 3 is 2.48 bits per heavy atom. The van der Waals surface area contributed by atoms with Gasteiger partial charge in [0.25, 0.3) is 0 Å². The van der Waals surface area contributed by atoms with Crippen molar-refractivity contribution in [3.8, 4) is 0 Å². The van der Waals surface area contributed by atoms with Gasteiger partial charge in [-0.3, -0.25) is 9.59 Å². The van der Waals surface area contributed by atoms with Gasteiger partial charge in [-0.05, 0) is 51.6 Å². The van der Waals surface area contributed by atoms with Crippen molar-refractivity contribution in [1.29, 1.82) is 0 Å². The zero-order chi connectivity index (χ0) is 16.2. The van der Waals surface area contributed by atoms with Crippen LogP contribution in [0.3, 0.4) is 0 Å². The van der Waals surface area contributed by atoms with E-state index in [0.29, 0.717) is 5.88 Å². The van der Waals surface area contributed by atoms with Crippen LogP contribution >= 0.6 is 11.8 Å². The SMILES string of the molecule is CNCCC1CCN(C(=O)C2CSCN2C(=O)C2CCC2)CC1. The number of hydrogen-bond donors (Lipinski definition) is 1. The standard InChI is InChI=1S/C17H29N3O2S/c1-18-8-5-13-6-9-19(10-7-13)17(22)15-11-23-12-20(15)16(21)14-3-2-4-14/h13-15,18H,2-12H2,1H3. The third kappa shape index (κ3) is 3.85. The first-order valence-electron chi connectivity index (χ1n) is 9.02. The van der Waals surface area contributed by atoms with E-state index in [1.165, 1.54) is 6.42 Å². The van der Waals surface area contributed by atoms with Crippen LogP contribution in [0, 0.1) is 11.8 Å². The predicted molar refractivity (Wildman–Crippen MR) is 93.1 cm³/mol. The van der Waals surface area contributed by atoms with Gasteiger partial charge in [0, 0.05) is 24.8 Å². The number of rotatable bonds is 5. The van der Waals surface area contributed by atoms with E-state index < -0.39 is 0 Å². The highest BCUT2D eigenvalue weighted by atomic mass is 32.2. The molecule has 3 rings (SSSR count). The minimum absolute atomic E-state index is 0.190. The van der Waals surface area contributed by atoms with Crippen molar-refractivity contribution in [1.82, 2.24) is 15.1 Å². The fourth-order valence-corrected chi connectivity index (χ4v) is 4.91. The van der Waals surface area contributed by atoms with E-state index >= 15 is 0 Å². The molecule has 0 bridgehead atoms. The van der Waals surface area contributed by atoms with Crippen molar-refractivity contribution in [2.24, 2.45) is 11.8 Å². The fraction of sp³-hybridized carbons (Fsp3) is 0.882. The Kier molecular flexibility index (Phi) is 5.85. The van der Waals surface area contributed by atoms with Crippen molar-refractivity contribution in [2.45, 2.75) is 44.6 Å². The summed E-state index contributed by atoms with van der Waals surface area (Å²) in [5, 5.41) is 3.21. The molecule has 3 fully saturated rings. The van der Waals surface area contributed by atoms with Crippen LogP contribution in [0.2, 0.25) is 0 Å². The second-order valence-electron chi connectivity index (χ2n) is 7.11. The van der Waals surface area contributed by atoms with Gasteiger partial charge in [-0.1, -0.05) is 6.42 Å². The largest absolute Gasteiger partial charge is 0.341 e. The molecule has 1 saturated carbocycles. The molecule has 0 radical (unpaired) electrons. The van der Waals surface area contributed by atoms with Gasteiger partial charge in [0.15, 0.2) is 0 Å². The molecule has 1 aliphatic carbocycles. The highest BCUT2D eigenvalue weighted by Crippen LogP contribution is 2.33. The number of nitrogens with zero attached hydrogens (tertiary/aromatic N) is 2. The van der Waals surface area contributed by atoms with Crippen molar-refractivity contribution in [3.63, 3.8) is 0 Å². The number of amides is 2. The molecule has 3 aliphatic rings. The minimum atomic E-state index is -0.207. The number of nitrogens with one attached hydrogen (secondary N) is 1. The Labute approximate surface area is 143 Å². The van der Waals surface area contributed by atoms with Gasteiger partial charge >= 0.3 is 0 Å². The van der Waals surface area contributed by atoms with Gasteiger partial charge in [-0.15, -0.1) is 11.8 Å². The smallest absolute Gasteiger partial charge is 0.246 e. The van der Waals surface area contributed by atoms with E-state index in [2.05, 4.69) is 5.32 Å². The zero-order valence-electron chi connectivity index (χ0n) is 14.1. The second kappa shape index (κ2) is 7.88. The fourth-order valence-electron chi connectivity index (χ4n) is 3.76. The van der Waals surface area contributed by atoms with Gasteiger partial charge < -0.3 is 15.1 Å². The summed E-state index contributed by atoms with van der Waals surface area (Å²) >= 11 is 1.72. The van der Waals surface area contributed by atoms with Crippen LogP contribution in [0.25, 0.3) is 0 Å². The van der Waals surface area contributed by atoms with Crippen LogP contribution in [0.4, 0.5) is 0 Å². The van der Waals surface area contributed by atoms with Crippen molar-refractivity contribution in [2.75, 3.05) is 38.3 Å².